The van der Waals surface area contributed by atoms with Crippen LogP contribution in [0.1, 0.15) is 31.1 Å². The second-order valence-electron chi connectivity index (χ2n) is 6.34. The Bertz CT molecular complexity index is 918. The largest absolute Gasteiger partial charge is 0.371 e. The number of hydrogen-bond donors (Lipinski definition) is 1. The van der Waals surface area contributed by atoms with Gasteiger partial charge in [0, 0.05) is 24.9 Å². The molecule has 1 aliphatic rings. The predicted octanol–water partition coefficient (Wildman–Crippen LogP) is 3.19. The Balaban J connectivity index is 1.91. The standard InChI is InChI=1S/C17H15F2N5/c1-17(2)16-23-22-14(7-10-3-5-20-6-4-10)24(16)15-12(19)8-11(18)9-13(15)21-17/h3-6,8-9,21H,7H2,1-2H3. The van der Waals surface area contributed by atoms with Crippen LogP contribution in [0.3, 0.4) is 0 Å². The second kappa shape index (κ2) is 5.09. The molecule has 0 aliphatic carbocycles. The fourth-order valence-electron chi connectivity index (χ4n) is 3.03. The lowest BCUT2D eigenvalue weighted by atomic mass is 9.99. The van der Waals surface area contributed by atoms with Crippen molar-refractivity contribution in [2.75, 3.05) is 5.32 Å². The molecule has 0 atom stereocenters. The third-order valence-corrected chi connectivity index (χ3v) is 4.10. The molecule has 1 aliphatic heterocycles. The van der Waals surface area contributed by atoms with Crippen molar-refractivity contribution in [3.63, 3.8) is 0 Å². The fourth-order valence-corrected chi connectivity index (χ4v) is 3.03. The number of anilines is 1. The summed E-state index contributed by atoms with van der Waals surface area (Å²) in [5, 5.41) is 11.6. The molecule has 4 rings (SSSR count). The van der Waals surface area contributed by atoms with E-state index in [0.29, 0.717) is 23.8 Å². The van der Waals surface area contributed by atoms with Crippen molar-refractivity contribution in [1.29, 1.82) is 0 Å². The average Bonchev–Trinajstić information content (AvgIpc) is 2.92. The molecular weight excluding hydrogens is 312 g/mol. The summed E-state index contributed by atoms with van der Waals surface area (Å²) in [6, 6.07) is 5.91. The second-order valence-corrected chi connectivity index (χ2v) is 6.34. The maximum atomic E-state index is 14.5. The Kier molecular flexibility index (Phi) is 3.13. The van der Waals surface area contributed by atoms with Crippen LogP contribution >= 0.6 is 0 Å². The van der Waals surface area contributed by atoms with Crippen LogP contribution in [0.2, 0.25) is 0 Å². The van der Waals surface area contributed by atoms with Gasteiger partial charge in [-0.25, -0.2) is 8.78 Å². The predicted molar refractivity (Wildman–Crippen MR) is 85.0 cm³/mol. The van der Waals surface area contributed by atoms with Gasteiger partial charge in [-0.15, -0.1) is 10.2 Å². The molecule has 1 aromatic carbocycles. The van der Waals surface area contributed by atoms with E-state index in [2.05, 4.69) is 20.5 Å². The minimum atomic E-state index is -0.648. The van der Waals surface area contributed by atoms with Gasteiger partial charge in [-0.1, -0.05) is 0 Å². The van der Waals surface area contributed by atoms with Gasteiger partial charge in [-0.2, -0.15) is 0 Å². The number of fused-ring (bicyclic) bond motifs is 3. The molecule has 0 bridgehead atoms. The van der Waals surface area contributed by atoms with Gasteiger partial charge in [0.15, 0.2) is 11.6 Å². The van der Waals surface area contributed by atoms with Crippen molar-refractivity contribution >= 4 is 5.69 Å². The number of nitrogens with one attached hydrogen (secondary N) is 1. The van der Waals surface area contributed by atoms with E-state index in [1.165, 1.54) is 6.07 Å². The topological polar surface area (TPSA) is 55.6 Å². The minimum Gasteiger partial charge on any atom is -0.371 e. The molecule has 3 heterocycles. The van der Waals surface area contributed by atoms with E-state index < -0.39 is 17.2 Å². The molecule has 5 nitrogen and oxygen atoms in total. The van der Waals surface area contributed by atoms with Crippen LogP contribution in [0.5, 0.6) is 0 Å². The summed E-state index contributed by atoms with van der Waals surface area (Å²) in [4.78, 5) is 3.99. The Hall–Kier alpha value is -2.83. The molecule has 0 unspecified atom stereocenters. The molecule has 1 N–H and O–H groups in total. The van der Waals surface area contributed by atoms with Gasteiger partial charge < -0.3 is 5.32 Å². The van der Waals surface area contributed by atoms with Crippen molar-refractivity contribution in [2.45, 2.75) is 25.8 Å². The third-order valence-electron chi connectivity index (χ3n) is 4.10. The van der Waals surface area contributed by atoms with E-state index in [4.69, 9.17) is 0 Å². The molecule has 0 amide bonds. The van der Waals surface area contributed by atoms with Gasteiger partial charge in [-0.05, 0) is 37.6 Å². The third kappa shape index (κ3) is 2.24. The highest BCUT2D eigenvalue weighted by atomic mass is 19.1. The van der Waals surface area contributed by atoms with E-state index in [1.807, 2.05) is 26.0 Å². The summed E-state index contributed by atoms with van der Waals surface area (Å²) < 4.78 is 29.8. The number of benzene rings is 1. The van der Waals surface area contributed by atoms with E-state index >= 15 is 0 Å². The van der Waals surface area contributed by atoms with E-state index in [0.717, 1.165) is 11.6 Å². The summed E-state index contributed by atoms with van der Waals surface area (Å²) in [6.45, 7) is 3.80. The number of hydrogen-bond acceptors (Lipinski definition) is 4. The molecule has 24 heavy (non-hydrogen) atoms. The van der Waals surface area contributed by atoms with Crippen LogP contribution in [0.25, 0.3) is 5.69 Å². The SMILES string of the molecule is CC1(C)Nc2cc(F)cc(F)c2-n2c(Cc3ccncc3)nnc21. The van der Waals surface area contributed by atoms with Gasteiger partial charge in [0.05, 0.1) is 11.2 Å². The Labute approximate surface area is 137 Å². The minimum absolute atomic E-state index is 0.250. The first kappa shape index (κ1) is 14.7. The summed E-state index contributed by atoms with van der Waals surface area (Å²) in [6.07, 6.45) is 3.86. The van der Waals surface area contributed by atoms with Crippen LogP contribution in [0.4, 0.5) is 14.5 Å². The first-order valence-electron chi connectivity index (χ1n) is 7.57. The molecule has 0 saturated carbocycles. The van der Waals surface area contributed by atoms with Crippen LogP contribution in [-0.4, -0.2) is 19.7 Å². The highest BCUT2D eigenvalue weighted by molar-refractivity contribution is 5.67. The van der Waals surface area contributed by atoms with Crippen molar-refractivity contribution in [3.8, 4) is 5.69 Å². The summed E-state index contributed by atoms with van der Waals surface area (Å²) in [5.41, 5.74) is 1.03. The Morgan fingerprint density at radius 3 is 2.62 bits per heavy atom. The van der Waals surface area contributed by atoms with Crippen LogP contribution in [0.15, 0.2) is 36.7 Å². The van der Waals surface area contributed by atoms with Gasteiger partial charge >= 0.3 is 0 Å². The number of aromatic nitrogens is 4. The summed E-state index contributed by atoms with van der Waals surface area (Å²) in [7, 11) is 0. The first-order chi connectivity index (χ1) is 11.5. The lowest BCUT2D eigenvalue weighted by Crippen LogP contribution is -2.36. The van der Waals surface area contributed by atoms with Crippen LogP contribution in [-0.2, 0) is 12.0 Å². The van der Waals surface area contributed by atoms with E-state index in [-0.39, 0.29) is 5.69 Å². The molecule has 3 aromatic rings. The Morgan fingerprint density at radius 2 is 1.88 bits per heavy atom. The number of rotatable bonds is 2. The zero-order valence-corrected chi connectivity index (χ0v) is 13.2. The van der Waals surface area contributed by atoms with Crippen molar-refractivity contribution < 1.29 is 8.78 Å². The van der Waals surface area contributed by atoms with Crippen molar-refractivity contribution in [2.24, 2.45) is 0 Å². The number of nitrogens with zero attached hydrogens (tertiary/aromatic N) is 4. The molecule has 7 heteroatoms. The molecule has 0 fully saturated rings. The normalized spacial score (nSPS) is 14.7. The van der Waals surface area contributed by atoms with Crippen molar-refractivity contribution in [3.05, 3.63) is 65.5 Å². The summed E-state index contributed by atoms with van der Waals surface area (Å²) >= 11 is 0. The van der Waals surface area contributed by atoms with Gasteiger partial charge in [-0.3, -0.25) is 9.55 Å². The quantitative estimate of drug-likeness (QED) is 0.785. The molecule has 122 valence electrons. The van der Waals surface area contributed by atoms with Crippen LogP contribution < -0.4 is 5.32 Å². The average molecular weight is 327 g/mol. The van der Waals surface area contributed by atoms with Crippen molar-refractivity contribution in [1.82, 2.24) is 19.7 Å². The molecule has 0 spiro atoms. The highest BCUT2D eigenvalue weighted by Crippen LogP contribution is 2.38. The first-order valence-corrected chi connectivity index (χ1v) is 7.57. The monoisotopic (exact) mass is 327 g/mol. The van der Waals surface area contributed by atoms with Gasteiger partial charge in [0.1, 0.15) is 17.3 Å². The zero-order valence-electron chi connectivity index (χ0n) is 13.2. The maximum absolute atomic E-state index is 14.5. The molecule has 0 saturated heterocycles. The molecule has 2 aromatic heterocycles. The number of pyridine rings is 1. The molecular formula is C17H15F2N5. The Morgan fingerprint density at radius 1 is 1.12 bits per heavy atom. The lowest BCUT2D eigenvalue weighted by molar-refractivity contribution is 0.514. The maximum Gasteiger partial charge on any atom is 0.162 e. The fraction of sp³-hybridized carbons (Fsp3) is 0.235. The molecule has 0 radical (unpaired) electrons. The van der Waals surface area contributed by atoms with Crippen LogP contribution in [0, 0.1) is 11.6 Å². The van der Waals surface area contributed by atoms with Gasteiger partial charge in [0.2, 0.25) is 0 Å². The zero-order chi connectivity index (χ0) is 16.9. The van der Waals surface area contributed by atoms with E-state index in [1.54, 1.807) is 17.0 Å². The lowest BCUT2D eigenvalue weighted by Gasteiger charge is -2.34. The van der Waals surface area contributed by atoms with Gasteiger partial charge in [0.25, 0.3) is 0 Å². The highest BCUT2D eigenvalue weighted by Gasteiger charge is 2.36. The summed E-state index contributed by atoms with van der Waals surface area (Å²) in [5.74, 6) is -0.0890. The smallest absolute Gasteiger partial charge is 0.162 e. The van der Waals surface area contributed by atoms with E-state index in [9.17, 15) is 8.78 Å². The number of halogens is 2.